The molecule has 1 aromatic carbocycles. The first-order valence-corrected chi connectivity index (χ1v) is 11.5. The van der Waals surface area contributed by atoms with Crippen molar-refractivity contribution in [3.05, 3.63) is 95.6 Å². The summed E-state index contributed by atoms with van der Waals surface area (Å²) < 4.78 is 0. The fraction of sp³-hybridized carbons (Fsp3) is 0.333. The van der Waals surface area contributed by atoms with Crippen molar-refractivity contribution < 1.29 is 9.59 Å². The average molecular weight is 443 g/mol. The first-order valence-electron chi connectivity index (χ1n) is 11.5. The lowest BCUT2D eigenvalue weighted by molar-refractivity contribution is 0.0705. The van der Waals surface area contributed by atoms with Crippen molar-refractivity contribution in [2.24, 2.45) is 0 Å². The third-order valence-corrected chi connectivity index (χ3v) is 6.38. The van der Waals surface area contributed by atoms with Crippen molar-refractivity contribution in [1.29, 1.82) is 0 Å². The van der Waals surface area contributed by atoms with Crippen LogP contribution < -0.4 is 0 Å². The molecule has 33 heavy (non-hydrogen) atoms. The number of amides is 2. The summed E-state index contributed by atoms with van der Waals surface area (Å²) in [7, 11) is 1.84. The van der Waals surface area contributed by atoms with Crippen molar-refractivity contribution in [1.82, 2.24) is 19.8 Å². The summed E-state index contributed by atoms with van der Waals surface area (Å²) in [4.78, 5) is 37.9. The molecule has 4 rings (SSSR count). The first-order chi connectivity index (χ1) is 16.0. The summed E-state index contributed by atoms with van der Waals surface area (Å²) >= 11 is 0. The number of carbonyl (C=O) groups is 2. The van der Waals surface area contributed by atoms with E-state index in [4.69, 9.17) is 0 Å². The maximum atomic E-state index is 12.9. The van der Waals surface area contributed by atoms with E-state index in [0.717, 1.165) is 18.5 Å². The maximum Gasteiger partial charge on any atom is 0.272 e. The molecule has 6 nitrogen and oxygen atoms in total. The molecular formula is C27H30N4O2. The monoisotopic (exact) mass is 442 g/mol. The van der Waals surface area contributed by atoms with Gasteiger partial charge in [0.2, 0.25) is 0 Å². The molecule has 0 unspecified atom stereocenters. The van der Waals surface area contributed by atoms with Crippen LogP contribution in [0.1, 0.15) is 63.7 Å². The highest BCUT2D eigenvalue weighted by molar-refractivity contribution is 5.94. The Morgan fingerprint density at radius 2 is 1.73 bits per heavy atom. The average Bonchev–Trinajstić information content (AvgIpc) is 2.89. The number of hydrogen-bond acceptors (Lipinski definition) is 4. The van der Waals surface area contributed by atoms with Crippen molar-refractivity contribution >= 4 is 11.8 Å². The maximum absolute atomic E-state index is 12.9. The molecule has 6 heteroatoms. The molecule has 0 radical (unpaired) electrons. The first kappa shape index (κ1) is 22.6. The summed E-state index contributed by atoms with van der Waals surface area (Å²) in [5.74, 6) is 0.507. The molecule has 2 aromatic heterocycles. The van der Waals surface area contributed by atoms with Gasteiger partial charge in [0.05, 0.1) is 5.56 Å². The number of likely N-dealkylation sites (N-methyl/N-ethyl adjacent to an activating group) is 1. The fourth-order valence-electron chi connectivity index (χ4n) is 4.40. The molecular weight excluding hydrogens is 412 g/mol. The SMILES string of the molecule is C[C@@H](CN(C)C(=O)c1ccc(C2CCN(C(=O)c3ccccn3)CC2)nc1)c1ccccc1. The number of carbonyl (C=O) groups excluding carboxylic acids is 2. The van der Waals surface area contributed by atoms with Gasteiger partial charge in [-0.15, -0.1) is 0 Å². The minimum absolute atomic E-state index is 0.0178. The minimum Gasteiger partial charge on any atom is -0.341 e. The van der Waals surface area contributed by atoms with E-state index in [1.165, 1.54) is 5.56 Å². The topological polar surface area (TPSA) is 66.4 Å². The number of hydrogen-bond donors (Lipinski definition) is 0. The number of piperidine rings is 1. The molecule has 1 fully saturated rings. The highest BCUT2D eigenvalue weighted by atomic mass is 16.2. The molecule has 1 atom stereocenters. The zero-order valence-electron chi connectivity index (χ0n) is 19.2. The Bertz CT molecular complexity index is 1060. The Morgan fingerprint density at radius 3 is 2.36 bits per heavy atom. The van der Waals surface area contributed by atoms with Crippen LogP contribution in [0.4, 0.5) is 0 Å². The summed E-state index contributed by atoms with van der Waals surface area (Å²) in [5, 5.41) is 0. The largest absolute Gasteiger partial charge is 0.341 e. The van der Waals surface area contributed by atoms with Gasteiger partial charge in [-0.05, 0) is 48.6 Å². The Kier molecular flexibility index (Phi) is 7.13. The Hall–Kier alpha value is -3.54. The second-order valence-electron chi connectivity index (χ2n) is 8.75. The van der Waals surface area contributed by atoms with Crippen LogP contribution in [-0.4, -0.2) is 58.3 Å². The molecule has 0 bridgehead atoms. The van der Waals surface area contributed by atoms with Crippen LogP contribution in [0.25, 0.3) is 0 Å². The summed E-state index contributed by atoms with van der Waals surface area (Å²) in [5.41, 5.74) is 3.29. The van der Waals surface area contributed by atoms with Crippen molar-refractivity contribution in [3.8, 4) is 0 Å². The molecule has 0 aliphatic carbocycles. The standard InChI is InChI=1S/C27H30N4O2/c1-20(21-8-4-3-5-9-21)19-30(2)26(32)23-11-12-24(29-18-23)22-13-16-31(17-14-22)27(33)25-10-6-7-15-28-25/h3-12,15,18,20,22H,13-14,16-17,19H2,1-2H3/t20-/m0/s1. The van der Waals surface area contributed by atoms with Gasteiger partial charge in [0, 0.05) is 50.7 Å². The van der Waals surface area contributed by atoms with Crippen LogP contribution in [-0.2, 0) is 0 Å². The van der Waals surface area contributed by atoms with Crippen LogP contribution in [0.5, 0.6) is 0 Å². The molecule has 0 N–H and O–H groups in total. The van der Waals surface area contributed by atoms with Gasteiger partial charge in [-0.25, -0.2) is 0 Å². The lowest BCUT2D eigenvalue weighted by atomic mass is 9.92. The van der Waals surface area contributed by atoms with E-state index in [2.05, 4.69) is 29.0 Å². The lowest BCUT2D eigenvalue weighted by Crippen LogP contribution is -2.38. The molecule has 3 heterocycles. The number of likely N-dealkylation sites (tertiary alicyclic amines) is 1. The summed E-state index contributed by atoms with van der Waals surface area (Å²) in [6.45, 7) is 4.14. The van der Waals surface area contributed by atoms with E-state index < -0.39 is 0 Å². The third-order valence-electron chi connectivity index (χ3n) is 6.38. The van der Waals surface area contributed by atoms with Gasteiger partial charge in [0.25, 0.3) is 11.8 Å². The highest BCUT2D eigenvalue weighted by Crippen LogP contribution is 2.27. The van der Waals surface area contributed by atoms with Gasteiger partial charge >= 0.3 is 0 Å². The Morgan fingerprint density at radius 1 is 1.00 bits per heavy atom. The van der Waals surface area contributed by atoms with Gasteiger partial charge in [-0.3, -0.25) is 19.6 Å². The molecule has 1 saturated heterocycles. The molecule has 170 valence electrons. The molecule has 3 aromatic rings. The Labute approximate surface area is 195 Å². The van der Waals surface area contributed by atoms with E-state index in [-0.39, 0.29) is 23.7 Å². The van der Waals surface area contributed by atoms with Crippen LogP contribution in [0, 0.1) is 0 Å². The molecule has 1 aliphatic rings. The van der Waals surface area contributed by atoms with Gasteiger partial charge in [0.1, 0.15) is 5.69 Å². The summed E-state index contributed by atoms with van der Waals surface area (Å²) in [6.07, 6.45) is 5.04. The van der Waals surface area contributed by atoms with Gasteiger partial charge in [-0.2, -0.15) is 0 Å². The van der Waals surface area contributed by atoms with Crippen molar-refractivity contribution in [2.45, 2.75) is 31.6 Å². The van der Waals surface area contributed by atoms with Crippen LogP contribution in [0.3, 0.4) is 0 Å². The molecule has 0 saturated carbocycles. The van der Waals surface area contributed by atoms with Crippen LogP contribution in [0.15, 0.2) is 73.1 Å². The molecule has 2 amide bonds. The van der Waals surface area contributed by atoms with Crippen LogP contribution >= 0.6 is 0 Å². The fourth-order valence-corrected chi connectivity index (χ4v) is 4.40. The molecule has 0 spiro atoms. The number of benzene rings is 1. The van der Waals surface area contributed by atoms with E-state index in [1.54, 1.807) is 23.4 Å². The van der Waals surface area contributed by atoms with E-state index in [0.29, 0.717) is 30.9 Å². The van der Waals surface area contributed by atoms with Crippen LogP contribution in [0.2, 0.25) is 0 Å². The van der Waals surface area contributed by atoms with Gasteiger partial charge in [0.15, 0.2) is 0 Å². The quantitative estimate of drug-likeness (QED) is 0.569. The predicted octanol–water partition coefficient (Wildman–Crippen LogP) is 4.37. The second-order valence-corrected chi connectivity index (χ2v) is 8.75. The number of nitrogens with zero attached hydrogens (tertiary/aromatic N) is 4. The van der Waals surface area contributed by atoms with Crippen molar-refractivity contribution in [3.63, 3.8) is 0 Å². The Balaban J connectivity index is 1.32. The number of rotatable bonds is 6. The van der Waals surface area contributed by atoms with E-state index in [1.807, 2.05) is 54.4 Å². The van der Waals surface area contributed by atoms with Gasteiger partial charge in [-0.1, -0.05) is 43.3 Å². The predicted molar refractivity (Wildman–Crippen MR) is 128 cm³/mol. The lowest BCUT2D eigenvalue weighted by Gasteiger charge is -2.31. The summed E-state index contributed by atoms with van der Waals surface area (Å²) in [6, 6.07) is 19.5. The zero-order chi connectivity index (χ0) is 23.2. The number of aromatic nitrogens is 2. The second kappa shape index (κ2) is 10.4. The normalized spacial score (nSPS) is 15.2. The smallest absolute Gasteiger partial charge is 0.272 e. The number of pyridine rings is 2. The third kappa shape index (κ3) is 5.45. The minimum atomic E-state index is -0.0207. The van der Waals surface area contributed by atoms with Crippen molar-refractivity contribution in [2.75, 3.05) is 26.7 Å². The van der Waals surface area contributed by atoms with E-state index >= 15 is 0 Å². The highest BCUT2D eigenvalue weighted by Gasteiger charge is 2.26. The van der Waals surface area contributed by atoms with E-state index in [9.17, 15) is 9.59 Å². The zero-order valence-corrected chi connectivity index (χ0v) is 19.2. The molecule has 1 aliphatic heterocycles. The van der Waals surface area contributed by atoms with Gasteiger partial charge < -0.3 is 9.80 Å².